The number of hydrogen-bond acceptors (Lipinski definition) is 2. The highest BCUT2D eigenvalue weighted by Crippen LogP contribution is 1.97. The molecule has 0 aliphatic heterocycles. The smallest absolute Gasteiger partial charge is 0.250 e. The molecule has 0 aromatic rings. The van der Waals surface area contributed by atoms with E-state index in [0.717, 1.165) is 12.8 Å². The van der Waals surface area contributed by atoms with Crippen molar-refractivity contribution in [2.75, 3.05) is 20.7 Å². The van der Waals surface area contributed by atoms with E-state index < -0.39 is 0 Å². The number of likely N-dealkylation sites (N-methyl/N-ethyl adjacent to an activating group) is 1. The van der Waals surface area contributed by atoms with Gasteiger partial charge in [-0.25, -0.2) is 0 Å². The molecule has 3 nitrogen and oxygen atoms in total. The highest BCUT2D eigenvalue weighted by molar-refractivity contribution is 5.79. The van der Waals surface area contributed by atoms with Gasteiger partial charge in [-0.05, 0) is 13.3 Å². The molecule has 72 valence electrons. The van der Waals surface area contributed by atoms with E-state index in [1.54, 1.807) is 25.9 Å². The second-order valence-electron chi connectivity index (χ2n) is 3.10. The highest BCUT2D eigenvalue weighted by atomic mass is 16.5. The lowest BCUT2D eigenvalue weighted by Crippen LogP contribution is -2.33. The molecule has 0 rings (SSSR count). The van der Waals surface area contributed by atoms with Gasteiger partial charge >= 0.3 is 0 Å². The fraction of sp³-hybridized carbons (Fsp3) is 0.889. The Hall–Kier alpha value is -0.570. The van der Waals surface area contributed by atoms with E-state index in [1.807, 2.05) is 0 Å². The van der Waals surface area contributed by atoms with Crippen molar-refractivity contribution in [3.05, 3.63) is 0 Å². The molecule has 0 heterocycles. The minimum Gasteiger partial charge on any atom is -0.369 e. The van der Waals surface area contributed by atoms with Gasteiger partial charge in [0, 0.05) is 20.7 Å². The van der Waals surface area contributed by atoms with Crippen LogP contribution in [0.4, 0.5) is 0 Å². The molecule has 0 unspecified atom stereocenters. The average molecular weight is 173 g/mol. The van der Waals surface area contributed by atoms with Crippen molar-refractivity contribution in [1.82, 2.24) is 4.90 Å². The lowest BCUT2D eigenvalue weighted by molar-refractivity contribution is -0.140. The van der Waals surface area contributed by atoms with Crippen LogP contribution in [0.1, 0.15) is 26.7 Å². The number of unbranched alkanes of at least 4 members (excludes halogenated alkanes) is 1. The summed E-state index contributed by atoms with van der Waals surface area (Å²) in [6.45, 7) is 4.57. The predicted octanol–water partition coefficient (Wildman–Crippen LogP) is 1.28. The van der Waals surface area contributed by atoms with Crippen LogP contribution in [-0.4, -0.2) is 37.6 Å². The first-order valence-electron chi connectivity index (χ1n) is 4.42. The molecule has 0 spiro atoms. The molecule has 12 heavy (non-hydrogen) atoms. The van der Waals surface area contributed by atoms with Gasteiger partial charge in [0.05, 0.1) is 0 Å². The number of ether oxygens (including phenoxy) is 1. The Morgan fingerprint density at radius 3 is 2.50 bits per heavy atom. The lowest BCUT2D eigenvalue weighted by Gasteiger charge is -2.16. The summed E-state index contributed by atoms with van der Waals surface area (Å²) in [6, 6.07) is 0. The maximum atomic E-state index is 11.2. The number of carbonyl (C=O) groups is 1. The van der Waals surface area contributed by atoms with Crippen molar-refractivity contribution < 1.29 is 9.53 Å². The van der Waals surface area contributed by atoms with Gasteiger partial charge in [0.2, 0.25) is 0 Å². The molecule has 0 aliphatic carbocycles. The van der Waals surface area contributed by atoms with E-state index in [4.69, 9.17) is 4.74 Å². The van der Waals surface area contributed by atoms with Crippen LogP contribution >= 0.6 is 0 Å². The zero-order valence-corrected chi connectivity index (χ0v) is 8.46. The SMILES string of the molecule is CCCCO[C@H](C)C(=O)N(C)C. The summed E-state index contributed by atoms with van der Waals surface area (Å²) >= 11 is 0. The second-order valence-corrected chi connectivity index (χ2v) is 3.10. The number of carbonyl (C=O) groups excluding carboxylic acids is 1. The summed E-state index contributed by atoms with van der Waals surface area (Å²) in [5.41, 5.74) is 0. The molecule has 1 atom stereocenters. The zero-order valence-electron chi connectivity index (χ0n) is 8.46. The third-order valence-electron chi connectivity index (χ3n) is 1.65. The molecule has 0 N–H and O–H groups in total. The van der Waals surface area contributed by atoms with Crippen LogP contribution in [0.15, 0.2) is 0 Å². The van der Waals surface area contributed by atoms with Crippen LogP contribution in [-0.2, 0) is 9.53 Å². The molecular formula is C9H19NO2. The molecule has 0 aliphatic rings. The number of hydrogen-bond donors (Lipinski definition) is 0. The summed E-state index contributed by atoms with van der Waals surface area (Å²) in [4.78, 5) is 12.8. The number of amides is 1. The van der Waals surface area contributed by atoms with Gasteiger partial charge in [0.25, 0.3) is 5.91 Å². The van der Waals surface area contributed by atoms with Crippen molar-refractivity contribution in [1.29, 1.82) is 0 Å². The molecule has 0 radical (unpaired) electrons. The summed E-state index contributed by atoms with van der Waals surface area (Å²) < 4.78 is 5.31. The van der Waals surface area contributed by atoms with Gasteiger partial charge in [0.15, 0.2) is 0 Å². The summed E-state index contributed by atoms with van der Waals surface area (Å²) in [5.74, 6) is 0.0334. The Morgan fingerprint density at radius 2 is 2.08 bits per heavy atom. The molecule has 0 fully saturated rings. The highest BCUT2D eigenvalue weighted by Gasteiger charge is 2.14. The van der Waals surface area contributed by atoms with Crippen molar-refractivity contribution in [3.8, 4) is 0 Å². The number of rotatable bonds is 5. The van der Waals surface area contributed by atoms with E-state index in [-0.39, 0.29) is 12.0 Å². The van der Waals surface area contributed by atoms with E-state index in [1.165, 1.54) is 0 Å². The largest absolute Gasteiger partial charge is 0.369 e. The van der Waals surface area contributed by atoms with Gasteiger partial charge in [-0.15, -0.1) is 0 Å². The Balaban J connectivity index is 3.57. The van der Waals surface area contributed by atoms with E-state index in [0.29, 0.717) is 6.61 Å². The summed E-state index contributed by atoms with van der Waals surface area (Å²) in [7, 11) is 3.48. The monoisotopic (exact) mass is 173 g/mol. The van der Waals surface area contributed by atoms with Crippen molar-refractivity contribution >= 4 is 5.91 Å². The zero-order chi connectivity index (χ0) is 9.56. The predicted molar refractivity (Wildman–Crippen MR) is 49.0 cm³/mol. The quantitative estimate of drug-likeness (QED) is 0.586. The Labute approximate surface area is 74.7 Å². The van der Waals surface area contributed by atoms with Crippen LogP contribution in [0.5, 0.6) is 0 Å². The van der Waals surface area contributed by atoms with Gasteiger partial charge < -0.3 is 9.64 Å². The molecule has 0 saturated carbocycles. The third kappa shape index (κ3) is 4.34. The molecule has 0 aromatic carbocycles. The van der Waals surface area contributed by atoms with Gasteiger partial charge in [-0.1, -0.05) is 13.3 Å². The van der Waals surface area contributed by atoms with Crippen LogP contribution < -0.4 is 0 Å². The maximum Gasteiger partial charge on any atom is 0.250 e. The summed E-state index contributed by atoms with van der Waals surface area (Å²) in [5, 5.41) is 0. The minimum atomic E-state index is -0.299. The van der Waals surface area contributed by atoms with E-state index in [9.17, 15) is 4.79 Å². The molecule has 1 amide bonds. The normalized spacial score (nSPS) is 12.7. The van der Waals surface area contributed by atoms with Crippen molar-refractivity contribution in [2.45, 2.75) is 32.8 Å². The number of nitrogens with zero attached hydrogens (tertiary/aromatic N) is 1. The fourth-order valence-corrected chi connectivity index (χ4v) is 0.839. The summed E-state index contributed by atoms with van der Waals surface area (Å²) in [6.07, 6.45) is 1.82. The topological polar surface area (TPSA) is 29.5 Å². The first-order valence-corrected chi connectivity index (χ1v) is 4.42. The fourth-order valence-electron chi connectivity index (χ4n) is 0.839. The van der Waals surface area contributed by atoms with E-state index >= 15 is 0 Å². The van der Waals surface area contributed by atoms with Gasteiger partial charge in [-0.2, -0.15) is 0 Å². The van der Waals surface area contributed by atoms with Crippen LogP contribution in [0.2, 0.25) is 0 Å². The average Bonchev–Trinajstić information content (AvgIpc) is 2.03. The van der Waals surface area contributed by atoms with Gasteiger partial charge in [-0.3, -0.25) is 4.79 Å². The van der Waals surface area contributed by atoms with Gasteiger partial charge in [0.1, 0.15) is 6.10 Å². The lowest BCUT2D eigenvalue weighted by atomic mass is 10.3. The van der Waals surface area contributed by atoms with Crippen LogP contribution in [0, 0.1) is 0 Å². The van der Waals surface area contributed by atoms with Crippen LogP contribution in [0.25, 0.3) is 0 Å². The Morgan fingerprint density at radius 1 is 1.50 bits per heavy atom. The standard InChI is InChI=1S/C9H19NO2/c1-5-6-7-12-8(2)9(11)10(3)4/h8H,5-7H2,1-4H3/t8-/m1/s1. The first kappa shape index (κ1) is 11.4. The van der Waals surface area contributed by atoms with Crippen molar-refractivity contribution in [2.24, 2.45) is 0 Å². The Bertz CT molecular complexity index is 134. The molecule has 3 heteroatoms. The minimum absolute atomic E-state index is 0.0334. The van der Waals surface area contributed by atoms with Crippen LogP contribution in [0.3, 0.4) is 0 Å². The van der Waals surface area contributed by atoms with E-state index in [2.05, 4.69) is 6.92 Å². The molecule has 0 saturated heterocycles. The maximum absolute atomic E-state index is 11.2. The third-order valence-corrected chi connectivity index (χ3v) is 1.65. The second kappa shape index (κ2) is 6.00. The molecule has 0 aromatic heterocycles. The Kier molecular flexibility index (Phi) is 5.72. The molecule has 0 bridgehead atoms. The molecular weight excluding hydrogens is 154 g/mol. The first-order chi connectivity index (χ1) is 5.59. The van der Waals surface area contributed by atoms with Crippen molar-refractivity contribution in [3.63, 3.8) is 0 Å².